The third-order valence-corrected chi connectivity index (χ3v) is 7.28. The molecule has 1 aromatic heterocycles. The summed E-state index contributed by atoms with van der Waals surface area (Å²) in [5, 5.41) is 11.0. The first-order valence-corrected chi connectivity index (χ1v) is 12.0. The second-order valence-electron chi connectivity index (χ2n) is 10.2. The zero-order valence-electron chi connectivity index (χ0n) is 19.2. The number of aromatic hydroxyl groups is 1. The van der Waals surface area contributed by atoms with Gasteiger partial charge in [0.1, 0.15) is 22.7 Å². The molecule has 5 rings (SSSR count). The maximum Gasteiger partial charge on any atom is 0.416 e. The van der Waals surface area contributed by atoms with Crippen molar-refractivity contribution >= 4 is 0 Å². The predicted molar refractivity (Wildman–Crippen MR) is 120 cm³/mol. The topological polar surface area (TPSA) is 59.7 Å². The summed E-state index contributed by atoms with van der Waals surface area (Å²) < 4.78 is 50.7. The van der Waals surface area contributed by atoms with E-state index in [-0.39, 0.29) is 17.2 Å². The molecule has 2 saturated carbocycles. The SMILES string of the molecule is CC1=CCC(CC2CC2)(c2c(O)cc(C(Cc3ccc(C(F)(F)F)cc3)CC3CC3)oc2=O)O1. The van der Waals surface area contributed by atoms with E-state index >= 15 is 0 Å². The largest absolute Gasteiger partial charge is 0.507 e. The van der Waals surface area contributed by atoms with E-state index in [4.69, 9.17) is 9.15 Å². The van der Waals surface area contributed by atoms with Crippen LogP contribution in [0.25, 0.3) is 0 Å². The fraction of sp³-hybridized carbons (Fsp3) is 0.519. The van der Waals surface area contributed by atoms with Crippen molar-refractivity contribution in [1.82, 2.24) is 0 Å². The quantitative estimate of drug-likeness (QED) is 0.457. The van der Waals surface area contributed by atoms with Crippen molar-refractivity contribution in [1.29, 1.82) is 0 Å². The molecule has 1 aromatic carbocycles. The number of ether oxygens (including phenoxy) is 1. The molecule has 2 aromatic rings. The molecule has 34 heavy (non-hydrogen) atoms. The monoisotopic (exact) mass is 474 g/mol. The Kier molecular flexibility index (Phi) is 5.77. The van der Waals surface area contributed by atoms with Crippen LogP contribution in [0.4, 0.5) is 13.2 Å². The van der Waals surface area contributed by atoms with E-state index in [9.17, 15) is 23.1 Å². The van der Waals surface area contributed by atoms with Gasteiger partial charge in [0, 0.05) is 18.4 Å². The Bertz CT molecular complexity index is 1140. The molecule has 1 aliphatic heterocycles. The number of hydrogen-bond acceptors (Lipinski definition) is 4. The van der Waals surface area contributed by atoms with Crippen molar-refractivity contribution in [2.75, 3.05) is 0 Å². The van der Waals surface area contributed by atoms with Crippen LogP contribution in [0.3, 0.4) is 0 Å². The number of hydrogen-bond donors (Lipinski definition) is 1. The van der Waals surface area contributed by atoms with E-state index in [1.54, 1.807) is 0 Å². The molecule has 0 saturated heterocycles. The minimum absolute atomic E-state index is 0.122. The Balaban J connectivity index is 1.44. The van der Waals surface area contributed by atoms with Crippen molar-refractivity contribution < 1.29 is 27.4 Å². The molecule has 2 aliphatic carbocycles. The van der Waals surface area contributed by atoms with Crippen molar-refractivity contribution in [2.45, 2.75) is 76.0 Å². The number of allylic oxidation sites excluding steroid dienone is 1. The molecule has 0 amide bonds. The third kappa shape index (κ3) is 4.89. The molecule has 0 bridgehead atoms. The summed E-state index contributed by atoms with van der Waals surface area (Å²) in [6, 6.07) is 6.63. The van der Waals surface area contributed by atoms with E-state index in [2.05, 4.69) is 0 Å². The van der Waals surface area contributed by atoms with Crippen LogP contribution >= 0.6 is 0 Å². The average molecular weight is 475 g/mol. The average Bonchev–Trinajstić information content (AvgIpc) is 3.68. The minimum atomic E-state index is -4.38. The van der Waals surface area contributed by atoms with E-state index < -0.39 is 23.0 Å². The van der Waals surface area contributed by atoms with Crippen LogP contribution in [0.2, 0.25) is 0 Å². The summed E-state index contributed by atoms with van der Waals surface area (Å²) in [5.74, 6) is 1.75. The summed E-state index contributed by atoms with van der Waals surface area (Å²) in [6.45, 7) is 1.84. The van der Waals surface area contributed by atoms with Gasteiger partial charge in [0.05, 0.1) is 11.3 Å². The van der Waals surface area contributed by atoms with Gasteiger partial charge in [-0.2, -0.15) is 13.2 Å². The molecule has 2 fully saturated rings. The maximum absolute atomic E-state index is 13.2. The predicted octanol–water partition coefficient (Wildman–Crippen LogP) is 6.81. The lowest BCUT2D eigenvalue weighted by Gasteiger charge is -2.30. The Morgan fingerprint density at radius 2 is 1.79 bits per heavy atom. The lowest BCUT2D eigenvalue weighted by atomic mass is 9.85. The molecule has 2 heterocycles. The Morgan fingerprint density at radius 3 is 2.32 bits per heavy atom. The highest BCUT2D eigenvalue weighted by molar-refractivity contribution is 5.39. The standard InChI is InChI=1S/C27H29F3O4/c1-16-10-11-26(34-16,15-19-4-5-19)24-22(31)14-23(33-25(24)32)20(12-17-2-3-17)13-18-6-8-21(9-7-18)27(28,29)30/h6-10,14,17,19-20,31H,2-5,11-13,15H2,1H3. The van der Waals surface area contributed by atoms with Crippen molar-refractivity contribution in [2.24, 2.45) is 11.8 Å². The lowest BCUT2D eigenvalue weighted by molar-refractivity contribution is -0.137. The van der Waals surface area contributed by atoms with Crippen molar-refractivity contribution in [3.05, 3.63) is 75.0 Å². The van der Waals surface area contributed by atoms with Gasteiger partial charge in [-0.3, -0.25) is 0 Å². The highest BCUT2D eigenvalue weighted by atomic mass is 19.4. The zero-order valence-corrected chi connectivity index (χ0v) is 19.2. The molecule has 0 radical (unpaired) electrons. The first-order chi connectivity index (χ1) is 16.1. The molecular weight excluding hydrogens is 445 g/mol. The summed E-state index contributed by atoms with van der Waals surface area (Å²) in [5.41, 5.74) is -1.27. The minimum Gasteiger partial charge on any atom is -0.507 e. The van der Waals surface area contributed by atoms with E-state index in [0.29, 0.717) is 36.9 Å². The Hall–Kier alpha value is -2.70. The first kappa shape index (κ1) is 23.1. The first-order valence-electron chi connectivity index (χ1n) is 12.0. The van der Waals surface area contributed by atoms with Crippen LogP contribution in [0.1, 0.15) is 80.2 Å². The van der Waals surface area contributed by atoms with Crippen LogP contribution in [0, 0.1) is 11.8 Å². The van der Waals surface area contributed by atoms with Crippen LogP contribution in [0.15, 0.2) is 51.4 Å². The summed E-state index contributed by atoms with van der Waals surface area (Å²) in [7, 11) is 0. The van der Waals surface area contributed by atoms with Gasteiger partial charge in [0.25, 0.3) is 0 Å². The fourth-order valence-corrected chi connectivity index (χ4v) is 5.16. The van der Waals surface area contributed by atoms with E-state index in [0.717, 1.165) is 55.6 Å². The van der Waals surface area contributed by atoms with Gasteiger partial charge in [-0.05, 0) is 61.8 Å². The second kappa shape index (κ2) is 8.51. The van der Waals surface area contributed by atoms with Gasteiger partial charge in [-0.1, -0.05) is 37.8 Å². The van der Waals surface area contributed by atoms with Gasteiger partial charge in [0.15, 0.2) is 0 Å². The fourth-order valence-electron chi connectivity index (χ4n) is 5.16. The summed E-state index contributed by atoms with van der Waals surface area (Å²) in [4.78, 5) is 13.2. The van der Waals surface area contributed by atoms with Crippen LogP contribution in [-0.2, 0) is 22.9 Å². The molecule has 7 heteroatoms. The van der Waals surface area contributed by atoms with Crippen molar-refractivity contribution in [3.8, 4) is 5.75 Å². The van der Waals surface area contributed by atoms with Crippen LogP contribution in [-0.4, -0.2) is 5.11 Å². The van der Waals surface area contributed by atoms with Crippen LogP contribution < -0.4 is 5.63 Å². The van der Waals surface area contributed by atoms with Gasteiger partial charge < -0.3 is 14.3 Å². The molecule has 1 N–H and O–H groups in total. The smallest absolute Gasteiger partial charge is 0.416 e. The zero-order chi connectivity index (χ0) is 24.1. The molecule has 182 valence electrons. The molecule has 4 nitrogen and oxygen atoms in total. The molecular formula is C27H29F3O4. The maximum atomic E-state index is 13.2. The van der Waals surface area contributed by atoms with Gasteiger partial charge in [-0.25, -0.2) is 4.79 Å². The number of halogens is 3. The molecule has 2 unspecified atom stereocenters. The normalized spacial score (nSPS) is 23.5. The van der Waals surface area contributed by atoms with Gasteiger partial charge in [0.2, 0.25) is 0 Å². The number of alkyl halides is 3. The van der Waals surface area contributed by atoms with E-state index in [1.165, 1.54) is 18.2 Å². The van der Waals surface area contributed by atoms with E-state index in [1.807, 2.05) is 13.0 Å². The summed E-state index contributed by atoms with van der Waals surface area (Å²) in [6.07, 6.45) is 4.27. The third-order valence-electron chi connectivity index (χ3n) is 7.28. The number of benzene rings is 1. The Morgan fingerprint density at radius 1 is 1.12 bits per heavy atom. The van der Waals surface area contributed by atoms with Gasteiger partial charge >= 0.3 is 11.8 Å². The summed E-state index contributed by atoms with van der Waals surface area (Å²) >= 11 is 0. The highest BCUT2D eigenvalue weighted by Crippen LogP contribution is 2.50. The molecule has 2 atom stereocenters. The molecule has 0 spiro atoms. The lowest BCUT2D eigenvalue weighted by Crippen LogP contribution is -2.32. The van der Waals surface area contributed by atoms with Crippen LogP contribution in [0.5, 0.6) is 5.75 Å². The Labute approximate surface area is 196 Å². The van der Waals surface area contributed by atoms with Crippen molar-refractivity contribution in [3.63, 3.8) is 0 Å². The van der Waals surface area contributed by atoms with Gasteiger partial charge in [-0.15, -0.1) is 0 Å². The number of rotatable bonds is 8. The molecule has 3 aliphatic rings. The highest BCUT2D eigenvalue weighted by Gasteiger charge is 2.46. The second-order valence-corrected chi connectivity index (χ2v) is 10.2.